The van der Waals surface area contributed by atoms with Gasteiger partial charge in [-0.2, -0.15) is 4.99 Å². The van der Waals surface area contributed by atoms with Crippen LogP contribution in [0.1, 0.15) is 25.0 Å². The Morgan fingerprint density at radius 3 is 2.55 bits per heavy atom. The van der Waals surface area contributed by atoms with Crippen molar-refractivity contribution in [3.05, 3.63) is 71.0 Å². The Labute approximate surface area is 192 Å². The molecule has 1 N–H and O–H groups in total. The second kappa shape index (κ2) is 9.60. The fourth-order valence-electron chi connectivity index (χ4n) is 3.39. The number of fused-ring (bicyclic) bond motifs is 1. The summed E-state index contributed by atoms with van der Waals surface area (Å²) in [5.41, 5.74) is 1.87. The second-order valence-electron chi connectivity index (χ2n) is 7.42. The van der Waals surface area contributed by atoms with E-state index in [1.54, 1.807) is 37.3 Å². The van der Waals surface area contributed by atoms with Gasteiger partial charge in [-0.3, -0.25) is 10.2 Å². The summed E-state index contributed by atoms with van der Waals surface area (Å²) in [6, 6.07) is 13.1. The van der Waals surface area contributed by atoms with Crippen LogP contribution in [-0.2, 0) is 9.63 Å². The number of hydrogen-bond donors (Lipinski definition) is 1. The van der Waals surface area contributed by atoms with Crippen LogP contribution in [-0.4, -0.2) is 42.5 Å². The largest absolute Gasteiger partial charge is 0.490 e. The zero-order valence-corrected chi connectivity index (χ0v) is 18.8. The molecule has 0 atom stereocenters. The number of carbonyl (C=O) groups excluding carboxylic acids is 1. The van der Waals surface area contributed by atoms with E-state index >= 15 is 0 Å². The normalized spacial score (nSPS) is 16.2. The maximum atomic E-state index is 12.5. The highest BCUT2D eigenvalue weighted by Gasteiger charge is 2.34. The predicted octanol–water partition coefficient (Wildman–Crippen LogP) is 4.30. The minimum absolute atomic E-state index is 0.0651. The Morgan fingerprint density at radius 1 is 1.03 bits per heavy atom. The molecule has 170 valence electrons. The van der Waals surface area contributed by atoms with Gasteiger partial charge in [-0.1, -0.05) is 24.3 Å². The fraction of sp³-hybridized carbons (Fsp3) is 0.240. The first kappa shape index (κ1) is 22.1. The lowest BCUT2D eigenvalue weighted by Gasteiger charge is -2.23. The molecule has 0 fully saturated rings. The Kier molecular flexibility index (Phi) is 6.44. The first-order valence-corrected chi connectivity index (χ1v) is 10.6. The molecule has 4 rings (SSSR count). The number of amides is 1. The van der Waals surface area contributed by atoms with Crippen LogP contribution >= 0.6 is 0 Å². The third kappa shape index (κ3) is 4.90. The summed E-state index contributed by atoms with van der Waals surface area (Å²) in [7, 11) is 0. The molecule has 2 aromatic rings. The zero-order chi connectivity index (χ0) is 23.4. The number of aryl methyl sites for hydroxylation is 1. The molecule has 2 heterocycles. The van der Waals surface area contributed by atoms with E-state index in [-0.39, 0.29) is 11.4 Å². The number of rotatable bonds is 8. The van der Waals surface area contributed by atoms with Crippen molar-refractivity contribution in [3.63, 3.8) is 0 Å². The zero-order valence-electron chi connectivity index (χ0n) is 18.8. The Morgan fingerprint density at radius 2 is 1.79 bits per heavy atom. The number of hydrogen-bond acceptors (Lipinski definition) is 6. The lowest BCUT2D eigenvalue weighted by molar-refractivity contribution is -0.114. The smallest absolute Gasteiger partial charge is 0.282 e. The minimum atomic E-state index is -0.493. The van der Waals surface area contributed by atoms with Crippen molar-refractivity contribution in [1.82, 2.24) is 5.06 Å². The molecular weight excluding hydrogens is 422 g/mol. The molecule has 0 bridgehead atoms. The Bertz CT molecular complexity index is 1180. The van der Waals surface area contributed by atoms with E-state index < -0.39 is 5.91 Å². The van der Waals surface area contributed by atoms with Crippen molar-refractivity contribution >= 4 is 23.7 Å². The maximum Gasteiger partial charge on any atom is 0.282 e. The van der Waals surface area contributed by atoms with Gasteiger partial charge in [0.15, 0.2) is 23.2 Å². The maximum absolute atomic E-state index is 12.5. The van der Waals surface area contributed by atoms with Gasteiger partial charge >= 0.3 is 0 Å². The van der Waals surface area contributed by atoms with Gasteiger partial charge in [0.05, 0.1) is 12.2 Å². The van der Waals surface area contributed by atoms with E-state index in [9.17, 15) is 4.79 Å². The van der Waals surface area contributed by atoms with Crippen LogP contribution in [0.2, 0.25) is 0 Å². The van der Waals surface area contributed by atoms with Crippen molar-refractivity contribution in [1.29, 1.82) is 5.41 Å². The number of allylic oxidation sites excluding steroid dienone is 1. The van der Waals surface area contributed by atoms with Crippen molar-refractivity contribution in [2.24, 2.45) is 4.99 Å². The number of amidine groups is 2. The average molecular weight is 447 g/mol. The summed E-state index contributed by atoms with van der Waals surface area (Å²) in [6.07, 6.45) is 3.21. The lowest BCUT2D eigenvalue weighted by atomic mass is 10.1. The summed E-state index contributed by atoms with van der Waals surface area (Å²) in [4.78, 5) is 21.9. The van der Waals surface area contributed by atoms with Crippen LogP contribution in [0.25, 0.3) is 6.08 Å². The summed E-state index contributed by atoms with van der Waals surface area (Å²) in [5, 5.41) is 9.58. The summed E-state index contributed by atoms with van der Waals surface area (Å²) >= 11 is 0. The van der Waals surface area contributed by atoms with E-state index in [2.05, 4.69) is 4.99 Å². The number of nitrogens with zero attached hydrogens (tertiary/aromatic N) is 2. The van der Waals surface area contributed by atoms with Gasteiger partial charge < -0.3 is 19.0 Å². The summed E-state index contributed by atoms with van der Waals surface area (Å²) in [6.45, 7) is 6.79. The minimum Gasteiger partial charge on any atom is -0.490 e. The van der Waals surface area contributed by atoms with Crippen LogP contribution in [0.4, 0.5) is 0 Å². The van der Waals surface area contributed by atoms with Gasteiger partial charge in [-0.15, -0.1) is 5.06 Å². The molecule has 0 radical (unpaired) electrons. The number of para-hydroxylation sites is 1. The Balaban J connectivity index is 1.46. The van der Waals surface area contributed by atoms with Crippen molar-refractivity contribution in [2.75, 3.05) is 19.8 Å². The molecule has 0 saturated carbocycles. The third-order valence-electron chi connectivity index (χ3n) is 4.95. The van der Waals surface area contributed by atoms with Crippen LogP contribution in [0.5, 0.6) is 17.2 Å². The van der Waals surface area contributed by atoms with Gasteiger partial charge in [0.2, 0.25) is 0 Å². The number of aliphatic imine (C=N–C) groups is 1. The third-order valence-corrected chi connectivity index (χ3v) is 4.95. The molecular formula is C25H25N3O5. The van der Waals surface area contributed by atoms with Crippen LogP contribution in [0.15, 0.2) is 64.9 Å². The fourth-order valence-corrected chi connectivity index (χ4v) is 3.39. The van der Waals surface area contributed by atoms with E-state index in [0.717, 1.165) is 11.3 Å². The molecule has 0 saturated heterocycles. The lowest BCUT2D eigenvalue weighted by Crippen LogP contribution is -2.38. The molecule has 0 aromatic heterocycles. The number of hydroxylamine groups is 2. The van der Waals surface area contributed by atoms with E-state index in [4.69, 9.17) is 24.5 Å². The number of benzene rings is 2. The number of ether oxygens (including phenoxy) is 3. The molecule has 2 aliphatic heterocycles. The number of carbonyl (C=O) groups is 1. The molecule has 8 nitrogen and oxygen atoms in total. The molecule has 0 spiro atoms. The molecule has 2 aliphatic rings. The second-order valence-corrected chi connectivity index (χ2v) is 7.42. The molecule has 1 amide bonds. The highest BCUT2D eigenvalue weighted by atomic mass is 16.7. The highest BCUT2D eigenvalue weighted by molar-refractivity contribution is 6.32. The van der Waals surface area contributed by atoms with Gasteiger partial charge in [0.25, 0.3) is 5.91 Å². The number of nitrogens with one attached hydrogen (secondary N) is 1. The summed E-state index contributed by atoms with van der Waals surface area (Å²) in [5.74, 6) is 2.26. The van der Waals surface area contributed by atoms with Crippen LogP contribution in [0, 0.1) is 12.3 Å². The monoisotopic (exact) mass is 447 g/mol. The predicted molar refractivity (Wildman–Crippen MR) is 125 cm³/mol. The standard InChI is InChI=1S/C25H25N3O5/c1-4-30-22-15-18(14-19-24(26)28-23(27-25(19)29)13-17(3)33-28)9-10-21(22)32-12-11-31-20-8-6-5-7-16(20)2/h5-10,13-15,26H,4,11-12H2,1-3H3/b19-14+,26-24?. The first-order chi connectivity index (χ1) is 16.0. The van der Waals surface area contributed by atoms with Crippen molar-refractivity contribution in [2.45, 2.75) is 20.8 Å². The highest BCUT2D eigenvalue weighted by Crippen LogP contribution is 2.31. The van der Waals surface area contributed by atoms with Crippen LogP contribution < -0.4 is 14.2 Å². The first-order valence-electron chi connectivity index (χ1n) is 10.6. The Hall–Kier alpha value is -4.07. The molecule has 8 heteroatoms. The van der Waals surface area contributed by atoms with E-state index in [1.807, 2.05) is 38.1 Å². The molecule has 33 heavy (non-hydrogen) atoms. The van der Waals surface area contributed by atoms with E-state index in [0.29, 0.717) is 48.5 Å². The van der Waals surface area contributed by atoms with Crippen molar-refractivity contribution < 1.29 is 23.8 Å². The van der Waals surface area contributed by atoms with Crippen molar-refractivity contribution in [3.8, 4) is 17.2 Å². The van der Waals surface area contributed by atoms with Gasteiger partial charge in [-0.05, 0) is 56.2 Å². The quantitative estimate of drug-likeness (QED) is 0.479. The van der Waals surface area contributed by atoms with Gasteiger partial charge in [0.1, 0.15) is 24.7 Å². The molecule has 0 aliphatic carbocycles. The SMILES string of the molecule is CCOc1cc(/C=C2\C(=N)N3OC(C)=CC3=NC2=O)ccc1OCCOc1ccccc1C. The summed E-state index contributed by atoms with van der Waals surface area (Å²) < 4.78 is 17.4. The van der Waals surface area contributed by atoms with E-state index in [1.165, 1.54) is 5.06 Å². The molecule has 0 unspecified atom stereocenters. The topological polar surface area (TPSA) is 93.4 Å². The van der Waals surface area contributed by atoms with Gasteiger partial charge in [0, 0.05) is 6.08 Å². The van der Waals surface area contributed by atoms with Gasteiger partial charge in [-0.25, -0.2) is 0 Å². The average Bonchev–Trinajstić information content (AvgIpc) is 3.17. The molecule has 2 aromatic carbocycles. The van der Waals surface area contributed by atoms with Crippen LogP contribution in [0.3, 0.4) is 0 Å².